The maximum Gasteiger partial charge on any atom is 0.269 e. The van der Waals surface area contributed by atoms with Crippen LogP contribution in [-0.4, -0.2) is 28.1 Å². The van der Waals surface area contributed by atoms with Crippen LogP contribution in [0.2, 0.25) is 0 Å². The van der Waals surface area contributed by atoms with Crippen LogP contribution in [0, 0.1) is 17.0 Å². The molecule has 0 unspecified atom stereocenters. The summed E-state index contributed by atoms with van der Waals surface area (Å²) in [5.74, 6) is -0.0731. The number of aryl methyl sites for hydroxylation is 1. The Morgan fingerprint density at radius 1 is 1.19 bits per heavy atom. The van der Waals surface area contributed by atoms with Crippen molar-refractivity contribution in [2.75, 3.05) is 4.72 Å². The maximum absolute atomic E-state index is 12.3. The van der Waals surface area contributed by atoms with Crippen LogP contribution in [0.3, 0.4) is 0 Å². The fourth-order valence-corrected chi connectivity index (χ4v) is 3.29. The fourth-order valence-electron chi connectivity index (χ4n) is 2.34. The highest BCUT2D eigenvalue weighted by atomic mass is 32.2. The van der Waals surface area contributed by atoms with Crippen molar-refractivity contribution in [3.8, 4) is 0 Å². The summed E-state index contributed by atoms with van der Waals surface area (Å²) in [7, 11) is -3.93. The molecule has 0 aliphatic carbocycles. The number of nitrogens with zero attached hydrogens (tertiary/aromatic N) is 4. The molecule has 0 spiro atoms. The van der Waals surface area contributed by atoms with Crippen LogP contribution in [0.5, 0.6) is 0 Å². The molecule has 134 valence electrons. The van der Waals surface area contributed by atoms with E-state index in [0.717, 1.165) is 35.4 Å². The summed E-state index contributed by atoms with van der Waals surface area (Å²) in [6.45, 7) is 2.43. The minimum atomic E-state index is -3.93. The SMILES string of the molecule is Cc1cccc(Cn2cnc(NS(=O)(=O)c3ccc([N+](=O)[O-])cc3)n2)c1. The van der Waals surface area contributed by atoms with Crippen LogP contribution in [0.25, 0.3) is 0 Å². The standard InChI is InChI=1S/C16H15N5O4S/c1-12-3-2-4-13(9-12)10-20-11-17-16(18-20)19-26(24,25)15-7-5-14(6-8-15)21(22)23/h2-9,11H,10H2,1H3,(H,18,19). The zero-order valence-corrected chi connectivity index (χ0v) is 14.5. The van der Waals surface area contributed by atoms with E-state index in [2.05, 4.69) is 14.8 Å². The summed E-state index contributed by atoms with van der Waals surface area (Å²) in [5.41, 5.74) is 1.94. The van der Waals surface area contributed by atoms with Gasteiger partial charge in [0.2, 0.25) is 0 Å². The van der Waals surface area contributed by atoms with Crippen molar-refractivity contribution in [3.05, 3.63) is 76.1 Å². The van der Waals surface area contributed by atoms with Crippen molar-refractivity contribution in [3.63, 3.8) is 0 Å². The number of anilines is 1. The number of aromatic nitrogens is 3. The topological polar surface area (TPSA) is 120 Å². The molecule has 0 atom stereocenters. The number of sulfonamides is 1. The number of benzene rings is 2. The van der Waals surface area contributed by atoms with Crippen LogP contribution in [0.15, 0.2) is 59.8 Å². The first kappa shape index (κ1) is 17.5. The lowest BCUT2D eigenvalue weighted by Gasteiger charge is -2.04. The third-order valence-electron chi connectivity index (χ3n) is 3.55. The molecule has 1 N–H and O–H groups in total. The van der Waals surface area contributed by atoms with Gasteiger partial charge >= 0.3 is 0 Å². The number of nitro groups is 1. The third kappa shape index (κ3) is 4.03. The number of nitro benzene ring substituents is 1. The van der Waals surface area contributed by atoms with E-state index in [4.69, 9.17) is 0 Å². The van der Waals surface area contributed by atoms with E-state index in [-0.39, 0.29) is 16.5 Å². The highest BCUT2D eigenvalue weighted by Crippen LogP contribution is 2.17. The van der Waals surface area contributed by atoms with Gasteiger partial charge in [0.15, 0.2) is 0 Å². The van der Waals surface area contributed by atoms with Gasteiger partial charge in [-0.3, -0.25) is 10.1 Å². The minimum Gasteiger partial charge on any atom is -0.258 e. The Labute approximate surface area is 149 Å². The molecule has 0 amide bonds. The van der Waals surface area contributed by atoms with Gasteiger partial charge in [-0.05, 0) is 24.6 Å². The molecule has 3 rings (SSSR count). The second kappa shape index (κ2) is 6.92. The van der Waals surface area contributed by atoms with Crippen molar-refractivity contribution in [2.24, 2.45) is 0 Å². The largest absolute Gasteiger partial charge is 0.269 e. The predicted molar refractivity (Wildman–Crippen MR) is 94.2 cm³/mol. The first-order chi connectivity index (χ1) is 12.3. The van der Waals surface area contributed by atoms with E-state index >= 15 is 0 Å². The molecule has 2 aromatic carbocycles. The van der Waals surface area contributed by atoms with Gasteiger partial charge in [-0.2, -0.15) is 4.98 Å². The quantitative estimate of drug-likeness (QED) is 0.523. The number of non-ortho nitro benzene ring substituents is 1. The molecule has 0 radical (unpaired) electrons. The normalized spacial score (nSPS) is 11.3. The first-order valence-corrected chi connectivity index (χ1v) is 9.04. The molecule has 0 aliphatic heterocycles. The predicted octanol–water partition coefficient (Wildman–Crippen LogP) is 2.34. The Kier molecular flexibility index (Phi) is 4.67. The lowest BCUT2D eigenvalue weighted by molar-refractivity contribution is -0.384. The van der Waals surface area contributed by atoms with E-state index < -0.39 is 14.9 Å². The van der Waals surface area contributed by atoms with Crippen LogP contribution in [0.1, 0.15) is 11.1 Å². The molecule has 0 fully saturated rings. The van der Waals surface area contributed by atoms with Crippen LogP contribution < -0.4 is 4.72 Å². The number of rotatable bonds is 6. The smallest absolute Gasteiger partial charge is 0.258 e. The Bertz CT molecular complexity index is 1040. The highest BCUT2D eigenvalue weighted by molar-refractivity contribution is 7.92. The van der Waals surface area contributed by atoms with Crippen molar-refractivity contribution >= 4 is 21.7 Å². The molecule has 1 aromatic heterocycles. The van der Waals surface area contributed by atoms with Crippen molar-refractivity contribution in [1.82, 2.24) is 14.8 Å². The van der Waals surface area contributed by atoms with Gasteiger partial charge in [-0.1, -0.05) is 29.8 Å². The van der Waals surface area contributed by atoms with Crippen LogP contribution >= 0.6 is 0 Å². The molecular weight excluding hydrogens is 358 g/mol. The van der Waals surface area contributed by atoms with Crippen LogP contribution in [0.4, 0.5) is 11.6 Å². The molecular formula is C16H15N5O4S. The van der Waals surface area contributed by atoms with E-state index in [9.17, 15) is 18.5 Å². The third-order valence-corrected chi connectivity index (χ3v) is 4.89. The van der Waals surface area contributed by atoms with Crippen molar-refractivity contribution in [1.29, 1.82) is 0 Å². The van der Waals surface area contributed by atoms with Crippen LogP contribution in [-0.2, 0) is 16.6 Å². The summed E-state index contributed by atoms with van der Waals surface area (Å²) in [6.07, 6.45) is 1.43. The van der Waals surface area contributed by atoms with Crippen molar-refractivity contribution < 1.29 is 13.3 Å². The summed E-state index contributed by atoms with van der Waals surface area (Å²) in [4.78, 5) is 13.9. The maximum atomic E-state index is 12.3. The van der Waals surface area contributed by atoms with Crippen molar-refractivity contribution in [2.45, 2.75) is 18.4 Å². The minimum absolute atomic E-state index is 0.0731. The second-order valence-corrected chi connectivity index (χ2v) is 7.29. The highest BCUT2D eigenvalue weighted by Gasteiger charge is 2.18. The van der Waals surface area contributed by atoms with E-state index in [1.54, 1.807) is 0 Å². The fraction of sp³-hybridized carbons (Fsp3) is 0.125. The Morgan fingerprint density at radius 2 is 1.92 bits per heavy atom. The molecule has 10 heteroatoms. The van der Waals surface area contributed by atoms with Gasteiger partial charge in [-0.25, -0.2) is 17.8 Å². The van der Waals surface area contributed by atoms with E-state index in [1.165, 1.54) is 11.0 Å². The van der Waals surface area contributed by atoms with Gasteiger partial charge in [-0.15, -0.1) is 5.10 Å². The van der Waals surface area contributed by atoms with E-state index in [1.807, 2.05) is 31.2 Å². The lowest BCUT2D eigenvalue weighted by atomic mass is 10.1. The summed E-state index contributed by atoms with van der Waals surface area (Å²) < 4.78 is 28.4. The molecule has 9 nitrogen and oxygen atoms in total. The Hall–Kier alpha value is -3.27. The molecule has 1 heterocycles. The van der Waals surface area contributed by atoms with Gasteiger partial charge in [0, 0.05) is 12.1 Å². The second-order valence-electron chi connectivity index (χ2n) is 5.61. The number of hydrogen-bond donors (Lipinski definition) is 1. The summed E-state index contributed by atoms with van der Waals surface area (Å²) in [6, 6.07) is 12.4. The average Bonchev–Trinajstić information content (AvgIpc) is 3.01. The molecule has 3 aromatic rings. The monoisotopic (exact) mass is 373 g/mol. The molecule has 0 aliphatic rings. The Balaban J connectivity index is 1.74. The molecule has 26 heavy (non-hydrogen) atoms. The van der Waals surface area contributed by atoms with Gasteiger partial charge in [0.1, 0.15) is 6.33 Å². The zero-order chi connectivity index (χ0) is 18.7. The molecule has 0 saturated heterocycles. The molecule has 0 saturated carbocycles. The summed E-state index contributed by atoms with van der Waals surface area (Å²) >= 11 is 0. The first-order valence-electron chi connectivity index (χ1n) is 7.56. The molecule has 0 bridgehead atoms. The number of hydrogen-bond acceptors (Lipinski definition) is 6. The Morgan fingerprint density at radius 3 is 2.58 bits per heavy atom. The summed E-state index contributed by atoms with van der Waals surface area (Å²) in [5, 5.41) is 14.7. The van der Waals surface area contributed by atoms with E-state index in [0.29, 0.717) is 6.54 Å². The van der Waals surface area contributed by atoms with Gasteiger partial charge in [0.25, 0.3) is 21.7 Å². The average molecular weight is 373 g/mol. The van der Waals surface area contributed by atoms with Gasteiger partial charge in [0.05, 0.1) is 16.4 Å². The number of nitrogens with one attached hydrogen (secondary N) is 1. The van der Waals surface area contributed by atoms with Gasteiger partial charge < -0.3 is 0 Å². The lowest BCUT2D eigenvalue weighted by Crippen LogP contribution is -2.14. The zero-order valence-electron chi connectivity index (χ0n) is 13.7.